The molecule has 1 aliphatic heterocycles. The van der Waals surface area contributed by atoms with E-state index in [2.05, 4.69) is 5.32 Å². The molecule has 1 N–H and O–H groups in total. The molecule has 0 bridgehead atoms. The van der Waals surface area contributed by atoms with Gasteiger partial charge >= 0.3 is 6.09 Å². The van der Waals surface area contributed by atoms with Gasteiger partial charge in [-0.25, -0.2) is 4.79 Å². The molecule has 1 atom stereocenters. The second-order valence-electron chi connectivity index (χ2n) is 4.34. The second-order valence-corrected chi connectivity index (χ2v) is 4.34. The van der Waals surface area contributed by atoms with Gasteiger partial charge in [0.15, 0.2) is 0 Å². The molecule has 1 fully saturated rings. The van der Waals surface area contributed by atoms with Crippen LogP contribution in [-0.4, -0.2) is 12.0 Å². The quantitative estimate of drug-likeness (QED) is 0.851. The fourth-order valence-electron chi connectivity index (χ4n) is 2.29. The predicted octanol–water partition coefficient (Wildman–Crippen LogP) is 2.18. The Bertz CT molecular complexity index is 495. The van der Waals surface area contributed by atoms with Crippen molar-refractivity contribution < 1.29 is 14.3 Å². The van der Waals surface area contributed by atoms with Crippen LogP contribution in [0.1, 0.15) is 30.0 Å². The number of amides is 2. The van der Waals surface area contributed by atoms with Crippen LogP contribution in [-0.2, 0) is 15.1 Å². The van der Waals surface area contributed by atoms with Crippen LogP contribution in [0.4, 0.5) is 4.79 Å². The zero-order chi connectivity index (χ0) is 12.6. The number of aryl methyl sites for hydroxylation is 2. The molecule has 0 radical (unpaired) electrons. The average molecular weight is 233 g/mol. The van der Waals surface area contributed by atoms with Crippen molar-refractivity contribution in [3.8, 4) is 0 Å². The maximum Gasteiger partial charge on any atom is 0.415 e. The molecule has 2 amide bonds. The molecule has 4 heteroatoms. The van der Waals surface area contributed by atoms with Crippen LogP contribution in [0.3, 0.4) is 0 Å². The fourth-order valence-corrected chi connectivity index (χ4v) is 2.29. The molecule has 0 aromatic heterocycles. The largest absolute Gasteiger partial charge is 0.427 e. The SMILES string of the molecule is CCC1(c2ccc(C)cc2C)OC(=O)NC1=O. The molecule has 4 nitrogen and oxygen atoms in total. The molecule has 17 heavy (non-hydrogen) atoms. The molecule has 1 unspecified atom stereocenters. The molecule has 1 aromatic rings. The number of hydrogen-bond donors (Lipinski definition) is 1. The van der Waals surface area contributed by atoms with Gasteiger partial charge in [-0.15, -0.1) is 0 Å². The molecule has 1 aromatic carbocycles. The molecular formula is C13H15NO3. The van der Waals surface area contributed by atoms with Crippen LogP contribution in [0, 0.1) is 13.8 Å². The number of ether oxygens (including phenoxy) is 1. The highest BCUT2D eigenvalue weighted by atomic mass is 16.6. The zero-order valence-corrected chi connectivity index (χ0v) is 10.2. The third-order valence-corrected chi connectivity index (χ3v) is 3.16. The van der Waals surface area contributed by atoms with Gasteiger partial charge in [0, 0.05) is 5.56 Å². The summed E-state index contributed by atoms with van der Waals surface area (Å²) >= 11 is 0. The Morgan fingerprint density at radius 3 is 2.47 bits per heavy atom. The Hall–Kier alpha value is -1.84. The van der Waals surface area contributed by atoms with Crippen LogP contribution in [0.2, 0.25) is 0 Å². The minimum atomic E-state index is -1.16. The summed E-state index contributed by atoms with van der Waals surface area (Å²) in [6, 6.07) is 5.75. The number of carbonyl (C=O) groups is 2. The van der Waals surface area contributed by atoms with Crippen LogP contribution in [0.25, 0.3) is 0 Å². The number of alkyl carbamates (subject to hydrolysis) is 1. The molecule has 0 aliphatic carbocycles. The Morgan fingerprint density at radius 1 is 1.29 bits per heavy atom. The summed E-state index contributed by atoms with van der Waals surface area (Å²) in [5, 5.41) is 2.20. The van der Waals surface area contributed by atoms with Gasteiger partial charge < -0.3 is 4.74 Å². The maximum absolute atomic E-state index is 11.9. The Kier molecular flexibility index (Phi) is 2.65. The van der Waals surface area contributed by atoms with Gasteiger partial charge in [0.05, 0.1) is 0 Å². The predicted molar refractivity (Wildman–Crippen MR) is 62.5 cm³/mol. The van der Waals surface area contributed by atoms with Gasteiger partial charge in [-0.3, -0.25) is 10.1 Å². The van der Waals surface area contributed by atoms with E-state index in [1.807, 2.05) is 39.0 Å². The minimum absolute atomic E-state index is 0.378. The number of imide groups is 1. The molecule has 1 saturated heterocycles. The van der Waals surface area contributed by atoms with Crippen molar-refractivity contribution in [3.63, 3.8) is 0 Å². The molecular weight excluding hydrogens is 218 g/mol. The first-order valence-corrected chi connectivity index (χ1v) is 5.62. The van der Waals surface area contributed by atoms with Crippen molar-refractivity contribution in [2.45, 2.75) is 32.8 Å². The monoisotopic (exact) mass is 233 g/mol. The van der Waals surface area contributed by atoms with Crippen molar-refractivity contribution >= 4 is 12.0 Å². The number of nitrogens with one attached hydrogen (secondary N) is 1. The fraction of sp³-hybridized carbons (Fsp3) is 0.385. The van der Waals surface area contributed by atoms with Crippen LogP contribution in [0.15, 0.2) is 18.2 Å². The topological polar surface area (TPSA) is 55.4 Å². The van der Waals surface area contributed by atoms with Gasteiger partial charge in [-0.1, -0.05) is 30.7 Å². The van der Waals surface area contributed by atoms with Crippen LogP contribution in [0.5, 0.6) is 0 Å². The van der Waals surface area contributed by atoms with E-state index in [0.29, 0.717) is 6.42 Å². The Labute approximate surface area is 100.0 Å². The summed E-state index contributed by atoms with van der Waals surface area (Å²) in [4.78, 5) is 23.1. The number of benzene rings is 1. The second kappa shape index (κ2) is 3.87. The van der Waals surface area contributed by atoms with E-state index in [0.717, 1.165) is 16.7 Å². The standard InChI is InChI=1S/C13H15NO3/c1-4-13(11(15)14-12(16)17-13)10-6-5-8(2)7-9(10)3/h5-7H,4H2,1-3H3,(H,14,15,16). The van der Waals surface area contributed by atoms with Crippen molar-refractivity contribution in [1.82, 2.24) is 5.32 Å². The molecule has 90 valence electrons. The highest BCUT2D eigenvalue weighted by Crippen LogP contribution is 2.35. The minimum Gasteiger partial charge on any atom is -0.427 e. The number of carbonyl (C=O) groups excluding carboxylic acids is 2. The van der Waals surface area contributed by atoms with E-state index in [1.54, 1.807) is 0 Å². The highest BCUT2D eigenvalue weighted by Gasteiger charge is 2.49. The van der Waals surface area contributed by atoms with Gasteiger partial charge in [0.1, 0.15) is 0 Å². The van der Waals surface area contributed by atoms with Crippen molar-refractivity contribution in [1.29, 1.82) is 0 Å². The molecule has 1 heterocycles. The number of rotatable bonds is 2. The van der Waals surface area contributed by atoms with Crippen LogP contribution >= 0.6 is 0 Å². The highest BCUT2D eigenvalue weighted by molar-refractivity contribution is 6.03. The van der Waals surface area contributed by atoms with E-state index in [9.17, 15) is 9.59 Å². The summed E-state index contributed by atoms with van der Waals surface area (Å²) in [6.45, 7) is 5.73. The number of hydrogen-bond acceptors (Lipinski definition) is 3. The summed E-state index contributed by atoms with van der Waals surface area (Å²) in [5.41, 5.74) is 1.67. The molecule has 0 saturated carbocycles. The maximum atomic E-state index is 11.9. The summed E-state index contributed by atoms with van der Waals surface area (Å²) in [7, 11) is 0. The summed E-state index contributed by atoms with van der Waals surface area (Å²) in [6.07, 6.45) is -0.245. The first kappa shape index (κ1) is 11.6. The van der Waals surface area contributed by atoms with Gasteiger partial charge in [-0.2, -0.15) is 0 Å². The average Bonchev–Trinajstić information content (AvgIpc) is 2.54. The lowest BCUT2D eigenvalue weighted by atomic mass is 9.86. The van der Waals surface area contributed by atoms with E-state index in [1.165, 1.54) is 0 Å². The van der Waals surface area contributed by atoms with Gasteiger partial charge in [0.2, 0.25) is 5.60 Å². The van der Waals surface area contributed by atoms with Crippen molar-refractivity contribution in [2.75, 3.05) is 0 Å². The zero-order valence-electron chi connectivity index (χ0n) is 10.2. The third kappa shape index (κ3) is 1.69. The lowest BCUT2D eigenvalue weighted by Gasteiger charge is -2.25. The lowest BCUT2D eigenvalue weighted by Crippen LogP contribution is -2.36. The lowest BCUT2D eigenvalue weighted by molar-refractivity contribution is -0.132. The van der Waals surface area contributed by atoms with E-state index < -0.39 is 11.7 Å². The first-order valence-electron chi connectivity index (χ1n) is 5.62. The van der Waals surface area contributed by atoms with E-state index >= 15 is 0 Å². The third-order valence-electron chi connectivity index (χ3n) is 3.16. The molecule has 0 spiro atoms. The van der Waals surface area contributed by atoms with E-state index in [4.69, 9.17) is 4.74 Å². The van der Waals surface area contributed by atoms with Gasteiger partial charge in [0.25, 0.3) is 5.91 Å². The summed E-state index contributed by atoms with van der Waals surface area (Å²) < 4.78 is 5.22. The normalized spacial score (nSPS) is 23.5. The van der Waals surface area contributed by atoms with Crippen LogP contribution < -0.4 is 5.32 Å². The Balaban J connectivity index is 2.56. The molecule has 2 rings (SSSR count). The first-order chi connectivity index (χ1) is 7.99. The van der Waals surface area contributed by atoms with Crippen molar-refractivity contribution in [2.24, 2.45) is 0 Å². The van der Waals surface area contributed by atoms with E-state index in [-0.39, 0.29) is 5.91 Å². The Morgan fingerprint density at radius 2 is 2.00 bits per heavy atom. The molecule has 1 aliphatic rings. The van der Waals surface area contributed by atoms with Crippen molar-refractivity contribution in [3.05, 3.63) is 34.9 Å². The number of cyclic esters (lactones) is 1. The summed E-state index contributed by atoms with van der Waals surface area (Å²) in [5.74, 6) is -0.378. The van der Waals surface area contributed by atoms with Gasteiger partial charge in [-0.05, 0) is 25.8 Å². The smallest absolute Gasteiger partial charge is 0.415 e.